The smallest absolute Gasteiger partial charge is 0.243 e. The van der Waals surface area contributed by atoms with Crippen LogP contribution in [0, 0.1) is 44.8 Å². The van der Waals surface area contributed by atoms with Crippen LogP contribution in [0.2, 0.25) is 0 Å². The second kappa shape index (κ2) is 19.5. The first-order valence-corrected chi connectivity index (χ1v) is 24.4. The number of piperazine rings is 2. The second-order valence-electron chi connectivity index (χ2n) is 17.2. The van der Waals surface area contributed by atoms with Crippen molar-refractivity contribution in [3.8, 4) is 6.07 Å². The van der Waals surface area contributed by atoms with Gasteiger partial charge in [-0.05, 0) is 121 Å². The highest BCUT2D eigenvalue weighted by Gasteiger charge is 2.42. The Balaban J connectivity index is 0.000000197. The van der Waals surface area contributed by atoms with Crippen molar-refractivity contribution in [2.75, 3.05) is 59.7 Å². The van der Waals surface area contributed by atoms with E-state index in [-0.39, 0.29) is 11.9 Å². The van der Waals surface area contributed by atoms with Crippen LogP contribution in [0.25, 0.3) is 0 Å². The molecule has 0 bridgehead atoms. The van der Waals surface area contributed by atoms with E-state index in [0.29, 0.717) is 78.2 Å². The predicted molar refractivity (Wildman–Crippen MR) is 256 cm³/mol. The highest BCUT2D eigenvalue weighted by molar-refractivity contribution is 7.89. The van der Waals surface area contributed by atoms with Gasteiger partial charge in [0.25, 0.3) is 0 Å². The van der Waals surface area contributed by atoms with Gasteiger partial charge < -0.3 is 20.4 Å². The molecule has 0 aliphatic carbocycles. The van der Waals surface area contributed by atoms with Crippen LogP contribution in [0.5, 0.6) is 0 Å². The summed E-state index contributed by atoms with van der Waals surface area (Å²) in [6.07, 6.45) is 0. The number of nitrogens with one attached hydrogen (secondary N) is 2. The Morgan fingerprint density at radius 1 is 0.652 bits per heavy atom. The molecule has 2 aliphatic heterocycles. The number of aryl methyl sites for hydroxylation is 4. The highest BCUT2D eigenvalue weighted by atomic mass is 32.2. The maximum absolute atomic E-state index is 13.4. The second-order valence-corrected chi connectivity index (χ2v) is 21.0. The molecule has 0 saturated carbocycles. The lowest BCUT2D eigenvalue weighted by Crippen LogP contribution is -2.61. The molecule has 0 amide bonds. The van der Waals surface area contributed by atoms with Gasteiger partial charge in [0.05, 0.1) is 21.4 Å². The fraction of sp³-hybridized carbons (Fsp3) is 0.312. The normalized spacial score (nSPS) is 16.7. The summed E-state index contributed by atoms with van der Waals surface area (Å²) in [6, 6.07) is 32.7. The number of sulfonamides is 2. The molecule has 2 N–H and O–H groups in total. The SMILES string of the molecule is Cc1ccc(S(=O)(=O)N2CCN(c3nc(C)cc(Nc4ccc(C#N)cc4)n3)CC2(C)C)cc1.Cc1ccc(S(=O)(=O)N2CCN(c3nc(C)cc(Nc4ccc(F)cc4)n3)C(C)C2)cc1. The molecule has 2 fully saturated rings. The summed E-state index contributed by atoms with van der Waals surface area (Å²) in [4.78, 5) is 23.1. The van der Waals surface area contributed by atoms with E-state index < -0.39 is 25.6 Å². The molecule has 1 unspecified atom stereocenters. The lowest BCUT2D eigenvalue weighted by Gasteiger charge is -2.46. The van der Waals surface area contributed by atoms with Crippen molar-refractivity contribution in [3.63, 3.8) is 0 Å². The molecular weight excluding hydrogens is 878 g/mol. The number of anilines is 6. The zero-order valence-corrected chi connectivity index (χ0v) is 39.7. The van der Waals surface area contributed by atoms with E-state index in [2.05, 4.69) is 36.6 Å². The summed E-state index contributed by atoms with van der Waals surface area (Å²) >= 11 is 0. The molecule has 2 aliphatic rings. The van der Waals surface area contributed by atoms with E-state index >= 15 is 0 Å². The quantitative estimate of drug-likeness (QED) is 0.136. The van der Waals surface area contributed by atoms with Crippen molar-refractivity contribution >= 4 is 55.0 Å². The van der Waals surface area contributed by atoms with Gasteiger partial charge >= 0.3 is 0 Å². The molecule has 1 atom stereocenters. The molecule has 8 rings (SSSR count). The molecule has 2 saturated heterocycles. The van der Waals surface area contributed by atoms with Crippen molar-refractivity contribution < 1.29 is 21.2 Å². The number of hydrogen-bond donors (Lipinski definition) is 2. The Hall–Kier alpha value is -6.52. The number of rotatable bonds is 10. The summed E-state index contributed by atoms with van der Waals surface area (Å²) < 4.78 is 69.1. The van der Waals surface area contributed by atoms with E-state index in [4.69, 9.17) is 5.26 Å². The van der Waals surface area contributed by atoms with Gasteiger partial charge in [-0.2, -0.15) is 23.8 Å². The number of halogens is 1. The van der Waals surface area contributed by atoms with E-state index in [1.165, 1.54) is 16.4 Å². The van der Waals surface area contributed by atoms with E-state index in [1.807, 2.05) is 107 Å². The van der Waals surface area contributed by atoms with Gasteiger partial charge in [-0.15, -0.1) is 0 Å². The largest absolute Gasteiger partial charge is 0.340 e. The minimum absolute atomic E-state index is 0.107. The van der Waals surface area contributed by atoms with Crippen LogP contribution in [-0.2, 0) is 20.0 Å². The van der Waals surface area contributed by atoms with E-state index in [1.54, 1.807) is 52.8 Å². The molecule has 2 aromatic heterocycles. The van der Waals surface area contributed by atoms with Crippen molar-refractivity contribution in [2.45, 2.75) is 69.8 Å². The zero-order chi connectivity index (χ0) is 47.4. The standard InChI is InChI=1S/C25H28N6O2S.C23H26FN5O2S/c1-18-5-11-22(12-6-18)34(32,33)31-14-13-30(17-25(31,3)4)24-27-19(2)15-23(29-24)28-21-9-7-20(16-26)8-10-21;1-16-4-10-21(11-5-16)32(30,31)28-12-13-29(18(3)15-28)23-25-17(2)14-22(27-23)26-20-8-6-19(24)7-9-20/h5-12,15H,13-14,17H2,1-4H3,(H,27,28,29);4-11,14,18H,12-13,15H2,1-3H3,(H,25,26,27). The average Bonchev–Trinajstić information content (AvgIpc) is 3.27. The summed E-state index contributed by atoms with van der Waals surface area (Å²) in [5, 5.41) is 15.4. The van der Waals surface area contributed by atoms with Gasteiger partial charge in [-0.3, -0.25) is 0 Å². The van der Waals surface area contributed by atoms with Gasteiger partial charge in [-0.25, -0.2) is 31.2 Å². The van der Waals surface area contributed by atoms with Gasteiger partial charge in [-0.1, -0.05) is 35.4 Å². The molecule has 66 heavy (non-hydrogen) atoms. The summed E-state index contributed by atoms with van der Waals surface area (Å²) in [6.45, 7) is 15.9. The molecule has 4 aromatic carbocycles. The van der Waals surface area contributed by atoms with E-state index in [9.17, 15) is 21.2 Å². The van der Waals surface area contributed by atoms with Gasteiger partial charge in [0.15, 0.2) is 0 Å². The maximum atomic E-state index is 13.4. The Morgan fingerprint density at radius 3 is 1.67 bits per heavy atom. The fourth-order valence-electron chi connectivity index (χ4n) is 7.85. The molecule has 344 valence electrons. The van der Waals surface area contributed by atoms with Crippen molar-refractivity contribution in [2.24, 2.45) is 0 Å². The third kappa shape index (κ3) is 11.1. The lowest BCUT2D eigenvalue weighted by atomic mass is 10.0. The third-order valence-corrected chi connectivity index (χ3v) is 15.3. The maximum Gasteiger partial charge on any atom is 0.243 e. The van der Waals surface area contributed by atoms with Crippen molar-refractivity contribution in [3.05, 3.63) is 143 Å². The lowest BCUT2D eigenvalue weighted by molar-refractivity contribution is 0.204. The zero-order valence-electron chi connectivity index (χ0n) is 38.1. The number of aromatic nitrogens is 4. The Bertz CT molecular complexity index is 2930. The van der Waals surface area contributed by atoms with E-state index in [0.717, 1.165) is 33.9 Å². The third-order valence-electron chi connectivity index (χ3n) is 11.3. The topological polar surface area (TPSA) is 181 Å². The van der Waals surface area contributed by atoms with Crippen molar-refractivity contribution in [1.29, 1.82) is 5.26 Å². The minimum atomic E-state index is -3.62. The van der Waals surface area contributed by atoms with Crippen LogP contribution in [0.3, 0.4) is 0 Å². The van der Waals surface area contributed by atoms with Crippen LogP contribution < -0.4 is 20.4 Å². The summed E-state index contributed by atoms with van der Waals surface area (Å²) in [5.74, 6) is 2.02. The van der Waals surface area contributed by atoms with Crippen LogP contribution in [0.4, 0.5) is 39.3 Å². The Morgan fingerprint density at radius 2 is 1.15 bits per heavy atom. The first-order chi connectivity index (χ1) is 31.3. The summed E-state index contributed by atoms with van der Waals surface area (Å²) in [7, 11) is -7.18. The molecule has 0 radical (unpaired) electrons. The first kappa shape index (κ1) is 47.4. The molecule has 18 heteroatoms. The average molecular weight is 932 g/mol. The number of nitriles is 1. The van der Waals surface area contributed by atoms with Gasteiger partial charge in [0.2, 0.25) is 31.9 Å². The van der Waals surface area contributed by atoms with Crippen LogP contribution in [0.1, 0.15) is 48.8 Å². The van der Waals surface area contributed by atoms with Gasteiger partial charge in [0.1, 0.15) is 17.5 Å². The monoisotopic (exact) mass is 931 g/mol. The Labute approximate surface area is 387 Å². The van der Waals surface area contributed by atoms with Crippen LogP contribution in [-0.4, -0.2) is 96.2 Å². The molecule has 15 nitrogen and oxygen atoms in total. The first-order valence-electron chi connectivity index (χ1n) is 21.5. The number of benzene rings is 4. The fourth-order valence-corrected chi connectivity index (χ4v) is 11.1. The molecule has 6 aromatic rings. The van der Waals surface area contributed by atoms with Crippen LogP contribution >= 0.6 is 0 Å². The number of nitrogens with zero attached hydrogens (tertiary/aromatic N) is 9. The summed E-state index contributed by atoms with van der Waals surface area (Å²) in [5.41, 5.74) is 5.08. The number of hydrogen-bond acceptors (Lipinski definition) is 13. The van der Waals surface area contributed by atoms with Crippen LogP contribution in [0.15, 0.2) is 119 Å². The highest BCUT2D eigenvalue weighted by Crippen LogP contribution is 2.31. The minimum Gasteiger partial charge on any atom is -0.340 e. The predicted octanol–water partition coefficient (Wildman–Crippen LogP) is 7.87. The molecule has 0 spiro atoms. The van der Waals surface area contributed by atoms with Crippen molar-refractivity contribution in [1.82, 2.24) is 28.5 Å². The Kier molecular flexibility index (Phi) is 14.0. The van der Waals surface area contributed by atoms with Gasteiger partial charge in [0, 0.05) is 85.7 Å². The molecule has 4 heterocycles. The molecular formula is C48H54FN11O4S2.